The van der Waals surface area contributed by atoms with Gasteiger partial charge in [-0.3, -0.25) is 9.59 Å². The number of benzene rings is 1. The minimum atomic E-state index is -1.39. The zero-order valence-electron chi connectivity index (χ0n) is 11.9. The van der Waals surface area contributed by atoms with Crippen LogP contribution in [0.3, 0.4) is 0 Å². The van der Waals surface area contributed by atoms with E-state index in [1.54, 1.807) is 30.3 Å². The predicted octanol–water partition coefficient (Wildman–Crippen LogP) is -0.820. The zero-order chi connectivity index (χ0) is 16.7. The highest BCUT2D eigenvalue weighted by Crippen LogP contribution is 2.17. The van der Waals surface area contributed by atoms with Crippen LogP contribution in [0.4, 0.5) is 0 Å². The summed E-state index contributed by atoms with van der Waals surface area (Å²) in [4.78, 5) is 34.1. The van der Waals surface area contributed by atoms with Crippen LogP contribution in [0.25, 0.3) is 0 Å². The van der Waals surface area contributed by atoms with Gasteiger partial charge in [0.2, 0.25) is 5.91 Å². The maximum Gasteiger partial charge on any atom is 0.331 e. The molecule has 120 valence electrons. The van der Waals surface area contributed by atoms with Gasteiger partial charge in [0.05, 0.1) is 19.6 Å². The molecule has 3 atom stereocenters. The summed E-state index contributed by atoms with van der Waals surface area (Å²) in [6, 6.07) is 5.46. The number of methoxy groups -OCH3 is 1. The van der Waals surface area contributed by atoms with Gasteiger partial charge in [-0.2, -0.15) is 0 Å². The van der Waals surface area contributed by atoms with Gasteiger partial charge in [-0.15, -0.1) is 0 Å². The van der Waals surface area contributed by atoms with E-state index in [1.165, 1.54) is 0 Å². The molecule has 0 saturated carbocycles. The molecule has 1 aromatic rings. The largest absolute Gasteiger partial charge is 0.481 e. The van der Waals surface area contributed by atoms with Crippen LogP contribution in [0.5, 0.6) is 0 Å². The first-order chi connectivity index (χ1) is 10.4. The Morgan fingerprint density at radius 3 is 2.36 bits per heavy atom. The monoisotopic (exact) mass is 310 g/mol. The fourth-order valence-corrected chi connectivity index (χ4v) is 1.78. The maximum absolute atomic E-state index is 11.8. The second kappa shape index (κ2) is 8.11. The van der Waals surface area contributed by atoms with Crippen LogP contribution in [0.2, 0.25) is 0 Å². The van der Waals surface area contributed by atoms with Crippen molar-refractivity contribution in [2.75, 3.05) is 7.11 Å². The standard InChI is InChI=1S/C14H18N2O6/c1-22-14(21)11(12(19)8-5-3-2-4-6-8)16-13(20)9(15)7-10(17)18/h2-6,9,11-12,19H,7,15H2,1H3,(H,16,20)(H,17,18)/t9?,11-,12-/m0/s1. The Morgan fingerprint density at radius 1 is 1.27 bits per heavy atom. The molecule has 22 heavy (non-hydrogen) atoms. The number of hydrogen-bond acceptors (Lipinski definition) is 6. The molecule has 1 rings (SSSR count). The number of rotatable bonds is 7. The zero-order valence-corrected chi connectivity index (χ0v) is 11.9. The lowest BCUT2D eigenvalue weighted by atomic mass is 10.0. The van der Waals surface area contributed by atoms with E-state index in [2.05, 4.69) is 10.1 Å². The van der Waals surface area contributed by atoms with Gasteiger partial charge in [0.25, 0.3) is 0 Å². The second-order valence-corrected chi connectivity index (χ2v) is 4.57. The Labute approximate surface area is 126 Å². The number of aliphatic carboxylic acids is 1. The molecule has 0 fully saturated rings. The third kappa shape index (κ3) is 4.83. The average molecular weight is 310 g/mol. The number of carboxylic acid groups (broad SMARTS) is 1. The third-order valence-electron chi connectivity index (χ3n) is 2.94. The number of aliphatic hydroxyl groups is 1. The lowest BCUT2D eigenvalue weighted by Crippen LogP contribution is -2.51. The Kier molecular flexibility index (Phi) is 6.48. The van der Waals surface area contributed by atoms with Crippen molar-refractivity contribution in [3.8, 4) is 0 Å². The fraction of sp³-hybridized carbons (Fsp3) is 0.357. The number of aliphatic hydroxyl groups excluding tert-OH is 1. The number of nitrogens with one attached hydrogen (secondary N) is 1. The summed E-state index contributed by atoms with van der Waals surface area (Å²) in [5.41, 5.74) is 5.81. The van der Waals surface area contributed by atoms with Crippen molar-refractivity contribution >= 4 is 17.8 Å². The first kappa shape index (κ1) is 17.6. The van der Waals surface area contributed by atoms with Crippen LogP contribution in [0.15, 0.2) is 30.3 Å². The SMILES string of the molecule is COC(=O)[C@@H](NC(=O)C(N)CC(=O)O)[C@@H](O)c1ccccc1. The molecule has 0 heterocycles. The average Bonchev–Trinajstić information content (AvgIpc) is 2.51. The van der Waals surface area contributed by atoms with Crippen LogP contribution >= 0.6 is 0 Å². The summed E-state index contributed by atoms with van der Waals surface area (Å²) in [6.45, 7) is 0. The minimum absolute atomic E-state index is 0.394. The number of amides is 1. The topological polar surface area (TPSA) is 139 Å². The van der Waals surface area contributed by atoms with Gasteiger partial charge < -0.3 is 26.0 Å². The Bertz CT molecular complexity index is 533. The van der Waals surface area contributed by atoms with Crippen LogP contribution < -0.4 is 11.1 Å². The number of hydrogen-bond donors (Lipinski definition) is 4. The lowest BCUT2D eigenvalue weighted by Gasteiger charge is -2.23. The van der Waals surface area contributed by atoms with Gasteiger partial charge in [-0.1, -0.05) is 30.3 Å². The number of carbonyl (C=O) groups is 3. The summed E-state index contributed by atoms with van der Waals surface area (Å²) < 4.78 is 4.55. The molecular formula is C14H18N2O6. The van der Waals surface area contributed by atoms with Gasteiger partial charge in [0.1, 0.15) is 6.10 Å². The molecule has 1 unspecified atom stereocenters. The molecule has 5 N–H and O–H groups in total. The molecule has 0 radical (unpaired) electrons. The van der Waals surface area contributed by atoms with Crippen molar-refractivity contribution in [1.82, 2.24) is 5.32 Å². The van der Waals surface area contributed by atoms with Gasteiger partial charge in [-0.25, -0.2) is 4.79 Å². The van der Waals surface area contributed by atoms with E-state index in [9.17, 15) is 19.5 Å². The quantitative estimate of drug-likeness (QED) is 0.482. The van der Waals surface area contributed by atoms with Crippen molar-refractivity contribution in [1.29, 1.82) is 0 Å². The van der Waals surface area contributed by atoms with E-state index in [0.29, 0.717) is 5.56 Å². The first-order valence-corrected chi connectivity index (χ1v) is 6.45. The molecule has 0 aromatic heterocycles. The molecule has 0 aliphatic carbocycles. The number of carbonyl (C=O) groups excluding carboxylic acids is 2. The first-order valence-electron chi connectivity index (χ1n) is 6.45. The molecule has 1 aromatic carbocycles. The molecular weight excluding hydrogens is 292 g/mol. The van der Waals surface area contributed by atoms with Crippen LogP contribution in [-0.2, 0) is 19.1 Å². The highest BCUT2D eigenvalue weighted by molar-refractivity contribution is 5.90. The summed E-state index contributed by atoms with van der Waals surface area (Å²) >= 11 is 0. The van der Waals surface area contributed by atoms with E-state index in [1.807, 2.05) is 0 Å². The Balaban J connectivity index is 2.88. The van der Waals surface area contributed by atoms with E-state index in [-0.39, 0.29) is 0 Å². The lowest BCUT2D eigenvalue weighted by molar-refractivity contribution is -0.149. The van der Waals surface area contributed by atoms with E-state index < -0.39 is 42.5 Å². The molecule has 0 aliphatic rings. The summed E-state index contributed by atoms with van der Waals surface area (Å²) in [6.07, 6.45) is -1.95. The maximum atomic E-state index is 11.8. The molecule has 0 spiro atoms. The third-order valence-corrected chi connectivity index (χ3v) is 2.94. The molecule has 0 bridgehead atoms. The van der Waals surface area contributed by atoms with Gasteiger partial charge in [-0.05, 0) is 5.56 Å². The van der Waals surface area contributed by atoms with Crippen LogP contribution in [0, 0.1) is 0 Å². The van der Waals surface area contributed by atoms with Gasteiger partial charge >= 0.3 is 11.9 Å². The second-order valence-electron chi connectivity index (χ2n) is 4.57. The fourth-order valence-electron chi connectivity index (χ4n) is 1.78. The van der Waals surface area contributed by atoms with Crippen molar-refractivity contribution in [2.45, 2.75) is 24.6 Å². The minimum Gasteiger partial charge on any atom is -0.481 e. The van der Waals surface area contributed by atoms with Crippen molar-refractivity contribution in [2.24, 2.45) is 5.73 Å². The number of carboxylic acids is 1. The van der Waals surface area contributed by atoms with Gasteiger partial charge in [0.15, 0.2) is 6.04 Å². The number of nitrogens with two attached hydrogens (primary N) is 1. The summed E-state index contributed by atoms with van der Waals surface area (Å²) in [5.74, 6) is -2.99. The number of esters is 1. The summed E-state index contributed by atoms with van der Waals surface area (Å²) in [7, 11) is 1.11. The highest BCUT2D eigenvalue weighted by Gasteiger charge is 2.32. The summed E-state index contributed by atoms with van der Waals surface area (Å²) in [5, 5.41) is 21.0. The van der Waals surface area contributed by atoms with Crippen molar-refractivity contribution in [3.63, 3.8) is 0 Å². The van der Waals surface area contributed by atoms with Gasteiger partial charge in [0, 0.05) is 0 Å². The van der Waals surface area contributed by atoms with E-state index in [4.69, 9.17) is 10.8 Å². The Morgan fingerprint density at radius 2 is 1.86 bits per heavy atom. The van der Waals surface area contributed by atoms with E-state index in [0.717, 1.165) is 7.11 Å². The van der Waals surface area contributed by atoms with Crippen LogP contribution in [0.1, 0.15) is 18.1 Å². The molecule has 0 saturated heterocycles. The van der Waals surface area contributed by atoms with Crippen molar-refractivity contribution in [3.05, 3.63) is 35.9 Å². The molecule has 0 aliphatic heterocycles. The molecule has 1 amide bonds. The Hall–Kier alpha value is -2.45. The normalized spacial score (nSPS) is 14.5. The highest BCUT2D eigenvalue weighted by atomic mass is 16.5. The number of ether oxygens (including phenoxy) is 1. The van der Waals surface area contributed by atoms with Crippen LogP contribution in [-0.4, -0.2) is 47.3 Å². The van der Waals surface area contributed by atoms with Crippen molar-refractivity contribution < 1.29 is 29.3 Å². The molecule has 8 heteroatoms. The predicted molar refractivity (Wildman–Crippen MR) is 75.6 cm³/mol. The van der Waals surface area contributed by atoms with E-state index >= 15 is 0 Å². The smallest absolute Gasteiger partial charge is 0.331 e. The molecule has 8 nitrogen and oxygen atoms in total.